The first-order chi connectivity index (χ1) is 7.99. The summed E-state index contributed by atoms with van der Waals surface area (Å²) in [7, 11) is 0. The summed E-state index contributed by atoms with van der Waals surface area (Å²) in [6.07, 6.45) is 0.131. The minimum atomic E-state index is -0.802. The van der Waals surface area contributed by atoms with Crippen LogP contribution in [0, 0.1) is 5.92 Å². The predicted octanol–water partition coefficient (Wildman–Crippen LogP) is 1.31. The van der Waals surface area contributed by atoms with Crippen LogP contribution in [0.3, 0.4) is 0 Å². The van der Waals surface area contributed by atoms with Crippen molar-refractivity contribution in [3.05, 3.63) is 29.8 Å². The lowest BCUT2D eigenvalue weighted by molar-refractivity contribution is -0.137. The van der Waals surface area contributed by atoms with E-state index < -0.39 is 11.9 Å². The number of anilines is 1. The maximum Gasteiger partial charge on any atom is 0.303 e. The van der Waals surface area contributed by atoms with E-state index in [0.717, 1.165) is 5.69 Å². The van der Waals surface area contributed by atoms with Crippen LogP contribution in [-0.4, -0.2) is 23.5 Å². The van der Waals surface area contributed by atoms with Crippen LogP contribution >= 0.6 is 0 Å². The standard InChI is InChI=1S/C12H16N2O3/c1-8(6-11(15)16)7-14-10-4-2-9(3-5-10)12(13)17/h2-5,8,14H,6-7H2,1H3,(H2,13,17)(H,15,16). The molecule has 0 aromatic heterocycles. The smallest absolute Gasteiger partial charge is 0.303 e. The Kier molecular flexibility index (Phi) is 4.51. The molecule has 0 heterocycles. The van der Waals surface area contributed by atoms with Crippen molar-refractivity contribution in [2.75, 3.05) is 11.9 Å². The fourth-order valence-corrected chi connectivity index (χ4v) is 1.41. The fourth-order valence-electron chi connectivity index (χ4n) is 1.41. The summed E-state index contributed by atoms with van der Waals surface area (Å²) >= 11 is 0. The molecule has 1 unspecified atom stereocenters. The number of hydrogen-bond acceptors (Lipinski definition) is 3. The van der Waals surface area contributed by atoms with Gasteiger partial charge >= 0.3 is 5.97 Å². The maximum atomic E-state index is 10.8. The van der Waals surface area contributed by atoms with E-state index in [1.165, 1.54) is 0 Å². The minimum Gasteiger partial charge on any atom is -0.481 e. The van der Waals surface area contributed by atoms with Gasteiger partial charge in [-0.1, -0.05) is 6.92 Å². The molecule has 1 aromatic carbocycles. The summed E-state index contributed by atoms with van der Waals surface area (Å²) in [5, 5.41) is 11.7. The molecule has 0 saturated heterocycles. The molecule has 0 aliphatic heterocycles. The molecule has 0 aliphatic carbocycles. The number of rotatable bonds is 6. The van der Waals surface area contributed by atoms with E-state index in [0.29, 0.717) is 12.1 Å². The largest absolute Gasteiger partial charge is 0.481 e. The van der Waals surface area contributed by atoms with Crippen LogP contribution in [0.5, 0.6) is 0 Å². The fraction of sp³-hybridized carbons (Fsp3) is 0.333. The highest BCUT2D eigenvalue weighted by Gasteiger charge is 2.07. The highest BCUT2D eigenvalue weighted by atomic mass is 16.4. The number of benzene rings is 1. The lowest BCUT2D eigenvalue weighted by atomic mass is 10.1. The first-order valence-electron chi connectivity index (χ1n) is 5.34. The molecule has 0 spiro atoms. The number of carboxylic acids is 1. The van der Waals surface area contributed by atoms with Gasteiger partial charge in [0.05, 0.1) is 0 Å². The molecule has 1 rings (SSSR count). The van der Waals surface area contributed by atoms with Gasteiger partial charge in [-0.15, -0.1) is 0 Å². The van der Waals surface area contributed by atoms with Gasteiger partial charge in [0.25, 0.3) is 0 Å². The zero-order valence-corrected chi connectivity index (χ0v) is 9.64. The molecule has 5 heteroatoms. The van der Waals surface area contributed by atoms with Crippen molar-refractivity contribution in [2.24, 2.45) is 11.7 Å². The van der Waals surface area contributed by atoms with Gasteiger partial charge in [0.15, 0.2) is 0 Å². The number of amides is 1. The van der Waals surface area contributed by atoms with Crippen molar-refractivity contribution in [1.29, 1.82) is 0 Å². The van der Waals surface area contributed by atoms with Crippen molar-refractivity contribution < 1.29 is 14.7 Å². The van der Waals surface area contributed by atoms with Crippen LogP contribution in [0.25, 0.3) is 0 Å². The summed E-state index contributed by atoms with van der Waals surface area (Å²) in [6.45, 7) is 2.43. The monoisotopic (exact) mass is 236 g/mol. The van der Waals surface area contributed by atoms with E-state index in [1.54, 1.807) is 24.3 Å². The van der Waals surface area contributed by atoms with Crippen molar-refractivity contribution in [2.45, 2.75) is 13.3 Å². The lowest BCUT2D eigenvalue weighted by Crippen LogP contribution is -2.15. The zero-order chi connectivity index (χ0) is 12.8. The SMILES string of the molecule is CC(CNc1ccc(C(N)=O)cc1)CC(=O)O. The first-order valence-corrected chi connectivity index (χ1v) is 5.34. The number of primary amides is 1. The van der Waals surface area contributed by atoms with Gasteiger partial charge < -0.3 is 16.2 Å². The average Bonchev–Trinajstić information content (AvgIpc) is 2.26. The van der Waals surface area contributed by atoms with Gasteiger partial charge in [-0.2, -0.15) is 0 Å². The second-order valence-corrected chi connectivity index (χ2v) is 4.03. The van der Waals surface area contributed by atoms with Gasteiger partial charge in [0, 0.05) is 24.2 Å². The molecule has 0 radical (unpaired) electrons. The number of nitrogens with one attached hydrogen (secondary N) is 1. The van der Waals surface area contributed by atoms with E-state index in [4.69, 9.17) is 10.8 Å². The quantitative estimate of drug-likeness (QED) is 0.694. The Morgan fingerprint density at radius 2 is 1.94 bits per heavy atom. The van der Waals surface area contributed by atoms with Crippen LogP contribution in [0.4, 0.5) is 5.69 Å². The summed E-state index contributed by atoms with van der Waals surface area (Å²) in [5.41, 5.74) is 6.41. The van der Waals surface area contributed by atoms with E-state index in [2.05, 4.69) is 5.32 Å². The molecule has 5 nitrogen and oxygen atoms in total. The zero-order valence-electron chi connectivity index (χ0n) is 9.64. The normalized spacial score (nSPS) is 11.8. The molecule has 17 heavy (non-hydrogen) atoms. The van der Waals surface area contributed by atoms with Crippen LogP contribution in [0.15, 0.2) is 24.3 Å². The molecule has 0 fully saturated rings. The summed E-state index contributed by atoms with van der Waals surface area (Å²) < 4.78 is 0. The molecule has 4 N–H and O–H groups in total. The van der Waals surface area contributed by atoms with Crippen molar-refractivity contribution >= 4 is 17.6 Å². The Labute approximate surface area is 99.6 Å². The van der Waals surface area contributed by atoms with E-state index in [-0.39, 0.29) is 12.3 Å². The van der Waals surface area contributed by atoms with E-state index in [9.17, 15) is 9.59 Å². The second kappa shape index (κ2) is 5.89. The Morgan fingerprint density at radius 3 is 2.41 bits per heavy atom. The topological polar surface area (TPSA) is 92.4 Å². The number of aliphatic carboxylic acids is 1. The highest BCUT2D eigenvalue weighted by molar-refractivity contribution is 5.93. The summed E-state index contributed by atoms with van der Waals surface area (Å²) in [6, 6.07) is 6.75. The van der Waals surface area contributed by atoms with E-state index in [1.807, 2.05) is 6.92 Å². The molecule has 0 bridgehead atoms. The van der Waals surface area contributed by atoms with Crippen LogP contribution in [0.1, 0.15) is 23.7 Å². The molecule has 1 aromatic rings. The Balaban J connectivity index is 2.47. The third-order valence-corrected chi connectivity index (χ3v) is 2.35. The maximum absolute atomic E-state index is 10.8. The highest BCUT2D eigenvalue weighted by Crippen LogP contribution is 2.11. The molecule has 1 amide bonds. The number of carboxylic acid groups (broad SMARTS) is 1. The average molecular weight is 236 g/mol. The third kappa shape index (κ3) is 4.55. The third-order valence-electron chi connectivity index (χ3n) is 2.35. The Bertz CT molecular complexity index is 401. The molecule has 0 saturated carbocycles. The lowest BCUT2D eigenvalue weighted by Gasteiger charge is -2.11. The summed E-state index contributed by atoms with van der Waals surface area (Å²) in [4.78, 5) is 21.3. The molecule has 92 valence electrons. The number of carbonyl (C=O) groups is 2. The number of nitrogens with two attached hydrogens (primary N) is 1. The van der Waals surface area contributed by atoms with Crippen molar-refractivity contribution in [3.8, 4) is 0 Å². The molecular formula is C12H16N2O3. The molecular weight excluding hydrogens is 220 g/mol. The van der Waals surface area contributed by atoms with Gasteiger partial charge in [-0.25, -0.2) is 0 Å². The van der Waals surface area contributed by atoms with E-state index >= 15 is 0 Å². The minimum absolute atomic E-state index is 0.0447. The molecule has 1 atom stereocenters. The number of carbonyl (C=O) groups excluding carboxylic acids is 1. The van der Waals surface area contributed by atoms with Crippen molar-refractivity contribution in [1.82, 2.24) is 0 Å². The molecule has 0 aliphatic rings. The van der Waals surface area contributed by atoms with Gasteiger partial charge in [0.1, 0.15) is 0 Å². The second-order valence-electron chi connectivity index (χ2n) is 4.03. The summed E-state index contributed by atoms with van der Waals surface area (Å²) in [5.74, 6) is -1.22. The van der Waals surface area contributed by atoms with Gasteiger partial charge in [-0.05, 0) is 30.2 Å². The van der Waals surface area contributed by atoms with Crippen LogP contribution in [0.2, 0.25) is 0 Å². The number of hydrogen-bond donors (Lipinski definition) is 3. The van der Waals surface area contributed by atoms with Gasteiger partial charge in [-0.3, -0.25) is 9.59 Å². The van der Waals surface area contributed by atoms with Crippen molar-refractivity contribution in [3.63, 3.8) is 0 Å². The Morgan fingerprint density at radius 1 is 1.35 bits per heavy atom. The predicted molar refractivity (Wildman–Crippen MR) is 64.9 cm³/mol. The first kappa shape index (κ1) is 13.0. The van der Waals surface area contributed by atoms with Crippen LogP contribution in [-0.2, 0) is 4.79 Å². The Hall–Kier alpha value is -2.04. The van der Waals surface area contributed by atoms with Gasteiger partial charge in [0.2, 0.25) is 5.91 Å². The van der Waals surface area contributed by atoms with Crippen LogP contribution < -0.4 is 11.1 Å².